The van der Waals surface area contributed by atoms with Gasteiger partial charge in [-0.2, -0.15) is 0 Å². The summed E-state index contributed by atoms with van der Waals surface area (Å²) in [6.07, 6.45) is 6.88. The molecule has 1 aliphatic carbocycles. The van der Waals surface area contributed by atoms with Crippen LogP contribution in [-0.4, -0.2) is 25.1 Å². The van der Waals surface area contributed by atoms with Gasteiger partial charge in [0.05, 0.1) is 31.9 Å². The number of anilines is 2. The minimum atomic E-state index is -0.317. The van der Waals surface area contributed by atoms with Gasteiger partial charge >= 0.3 is 0 Å². The number of nitrogens with one attached hydrogen (secondary N) is 1. The lowest BCUT2D eigenvalue weighted by Crippen LogP contribution is -2.13. The van der Waals surface area contributed by atoms with Crippen LogP contribution in [0.2, 0.25) is 0 Å². The third-order valence-electron chi connectivity index (χ3n) is 6.03. The van der Waals surface area contributed by atoms with Crippen LogP contribution in [0.15, 0.2) is 41.0 Å². The zero-order chi connectivity index (χ0) is 22.9. The average Bonchev–Trinajstić information content (AvgIpc) is 3.40. The molecule has 3 N–H and O–H groups in total. The number of pyridine rings is 1. The lowest BCUT2D eigenvalue weighted by atomic mass is 9.96. The number of thiophene rings is 1. The first kappa shape index (κ1) is 21.3. The van der Waals surface area contributed by atoms with Crippen LogP contribution >= 0.6 is 11.3 Å². The van der Waals surface area contributed by atoms with E-state index in [0.717, 1.165) is 52.9 Å². The number of ether oxygens (including phenoxy) is 2. The number of fused-ring (bicyclic) bond motifs is 2. The molecule has 33 heavy (non-hydrogen) atoms. The van der Waals surface area contributed by atoms with Crippen molar-refractivity contribution in [1.82, 2.24) is 4.98 Å². The molecular weight excluding hydrogens is 438 g/mol. The second kappa shape index (κ2) is 8.78. The predicted molar refractivity (Wildman–Crippen MR) is 130 cm³/mol. The van der Waals surface area contributed by atoms with E-state index < -0.39 is 0 Å². The fourth-order valence-corrected chi connectivity index (χ4v) is 5.46. The predicted octanol–water partition coefficient (Wildman–Crippen LogP) is 5.68. The fourth-order valence-electron chi connectivity index (χ4n) is 4.44. The summed E-state index contributed by atoms with van der Waals surface area (Å²) in [5.41, 5.74) is 10.8. The first-order chi connectivity index (χ1) is 16.1. The summed E-state index contributed by atoms with van der Waals surface area (Å²) in [5.74, 6) is 1.58. The Bertz CT molecular complexity index is 1330. The second-order valence-electron chi connectivity index (χ2n) is 8.00. The van der Waals surface area contributed by atoms with Crippen LogP contribution in [-0.2, 0) is 12.8 Å². The van der Waals surface area contributed by atoms with Gasteiger partial charge in [0, 0.05) is 22.7 Å². The molecule has 3 aromatic heterocycles. The van der Waals surface area contributed by atoms with Crippen molar-refractivity contribution in [3.8, 4) is 22.8 Å². The Morgan fingerprint density at radius 2 is 2.00 bits per heavy atom. The Morgan fingerprint density at radius 1 is 1.15 bits per heavy atom. The summed E-state index contributed by atoms with van der Waals surface area (Å²) in [6.45, 7) is 0. The molecule has 170 valence electrons. The number of benzene rings is 1. The molecule has 1 amide bonds. The first-order valence-corrected chi connectivity index (χ1v) is 11.7. The molecule has 0 atom stereocenters. The summed E-state index contributed by atoms with van der Waals surface area (Å²) in [5, 5.41) is 3.71. The van der Waals surface area contributed by atoms with E-state index in [2.05, 4.69) is 5.32 Å². The number of amides is 1. The Labute approximate surface area is 195 Å². The number of aromatic nitrogens is 1. The van der Waals surface area contributed by atoms with Crippen molar-refractivity contribution in [2.24, 2.45) is 0 Å². The fraction of sp³-hybridized carbons (Fsp3) is 0.280. The Morgan fingerprint density at radius 3 is 2.76 bits per heavy atom. The molecule has 1 aromatic carbocycles. The second-order valence-corrected chi connectivity index (χ2v) is 8.99. The minimum absolute atomic E-state index is 0.317. The normalized spacial score (nSPS) is 13.4. The molecule has 0 saturated heterocycles. The lowest BCUT2D eigenvalue weighted by molar-refractivity contribution is 0.103. The molecule has 0 radical (unpaired) electrons. The molecule has 5 rings (SSSR count). The van der Waals surface area contributed by atoms with E-state index in [4.69, 9.17) is 24.6 Å². The van der Waals surface area contributed by atoms with Gasteiger partial charge in [-0.25, -0.2) is 4.98 Å². The van der Waals surface area contributed by atoms with Gasteiger partial charge < -0.3 is 24.9 Å². The quantitative estimate of drug-likeness (QED) is 0.370. The third-order valence-corrected chi connectivity index (χ3v) is 7.13. The molecule has 0 unspecified atom stereocenters. The van der Waals surface area contributed by atoms with Gasteiger partial charge in [-0.3, -0.25) is 4.79 Å². The van der Waals surface area contributed by atoms with Crippen LogP contribution in [0.25, 0.3) is 21.5 Å². The van der Waals surface area contributed by atoms with E-state index in [1.165, 1.54) is 23.3 Å². The molecule has 7 nitrogen and oxygen atoms in total. The topological polar surface area (TPSA) is 99.6 Å². The van der Waals surface area contributed by atoms with Crippen molar-refractivity contribution in [1.29, 1.82) is 0 Å². The standard InChI is InChI=1S/C25H25N3O4S/c1-30-14-10-11-18(31-2)17(13-14)27-24(29)23-22(26)21-20(19-9-6-12-32-19)15-7-4-3-5-8-16(15)28-25(21)33-23/h6,9-13H,3-5,7-8,26H2,1-2H3,(H,27,29). The Balaban J connectivity index is 1.63. The maximum Gasteiger partial charge on any atom is 0.268 e. The molecule has 0 aliphatic heterocycles. The van der Waals surface area contributed by atoms with Crippen molar-refractivity contribution < 1.29 is 18.7 Å². The zero-order valence-electron chi connectivity index (χ0n) is 18.6. The van der Waals surface area contributed by atoms with Crippen molar-refractivity contribution in [3.05, 3.63) is 52.7 Å². The van der Waals surface area contributed by atoms with Crippen LogP contribution < -0.4 is 20.5 Å². The van der Waals surface area contributed by atoms with Crippen molar-refractivity contribution >= 4 is 38.8 Å². The Hall–Kier alpha value is -3.52. The van der Waals surface area contributed by atoms with Crippen molar-refractivity contribution in [2.75, 3.05) is 25.3 Å². The number of nitrogen functional groups attached to an aromatic ring is 1. The van der Waals surface area contributed by atoms with Crippen LogP contribution in [0, 0.1) is 0 Å². The summed E-state index contributed by atoms with van der Waals surface area (Å²) in [7, 11) is 3.13. The summed E-state index contributed by atoms with van der Waals surface area (Å²) < 4.78 is 16.5. The maximum atomic E-state index is 13.3. The number of rotatable bonds is 5. The number of methoxy groups -OCH3 is 2. The summed E-state index contributed by atoms with van der Waals surface area (Å²) >= 11 is 1.30. The summed E-state index contributed by atoms with van der Waals surface area (Å²) in [6, 6.07) is 9.05. The number of furan rings is 1. The average molecular weight is 464 g/mol. The molecule has 3 heterocycles. The van der Waals surface area contributed by atoms with Crippen LogP contribution in [0.4, 0.5) is 11.4 Å². The van der Waals surface area contributed by atoms with Gasteiger partial charge in [-0.15, -0.1) is 11.3 Å². The zero-order valence-corrected chi connectivity index (χ0v) is 19.4. The Kier molecular flexibility index (Phi) is 5.68. The van der Waals surface area contributed by atoms with E-state index in [1.54, 1.807) is 38.7 Å². The molecule has 8 heteroatoms. The van der Waals surface area contributed by atoms with E-state index in [1.807, 2.05) is 12.1 Å². The highest BCUT2D eigenvalue weighted by Crippen LogP contribution is 2.44. The van der Waals surface area contributed by atoms with E-state index in [0.29, 0.717) is 27.8 Å². The first-order valence-electron chi connectivity index (χ1n) is 10.9. The van der Waals surface area contributed by atoms with E-state index in [9.17, 15) is 4.79 Å². The van der Waals surface area contributed by atoms with Crippen LogP contribution in [0.1, 0.15) is 40.2 Å². The smallest absolute Gasteiger partial charge is 0.268 e. The summed E-state index contributed by atoms with van der Waals surface area (Å²) in [4.78, 5) is 19.4. The molecule has 0 fully saturated rings. The van der Waals surface area contributed by atoms with Crippen molar-refractivity contribution in [2.45, 2.75) is 32.1 Å². The largest absolute Gasteiger partial charge is 0.497 e. The number of carbonyl (C=O) groups excluding carboxylic acids is 1. The van der Waals surface area contributed by atoms with Gasteiger partial charge in [0.2, 0.25) is 0 Å². The molecule has 4 aromatic rings. The molecule has 0 spiro atoms. The van der Waals surface area contributed by atoms with E-state index in [-0.39, 0.29) is 5.91 Å². The van der Waals surface area contributed by atoms with E-state index >= 15 is 0 Å². The van der Waals surface area contributed by atoms with Gasteiger partial charge in [-0.1, -0.05) is 6.42 Å². The number of nitrogens with zero attached hydrogens (tertiary/aromatic N) is 1. The molecule has 0 saturated carbocycles. The van der Waals surface area contributed by atoms with Gasteiger partial charge in [0.25, 0.3) is 5.91 Å². The number of nitrogens with two attached hydrogens (primary N) is 1. The van der Waals surface area contributed by atoms with Gasteiger partial charge in [0.15, 0.2) is 0 Å². The third kappa shape index (κ3) is 3.80. The maximum absolute atomic E-state index is 13.3. The monoisotopic (exact) mass is 463 g/mol. The van der Waals surface area contributed by atoms with Gasteiger partial charge in [0.1, 0.15) is 27.0 Å². The van der Waals surface area contributed by atoms with Crippen molar-refractivity contribution in [3.63, 3.8) is 0 Å². The number of hydrogen-bond acceptors (Lipinski definition) is 7. The highest BCUT2D eigenvalue weighted by Gasteiger charge is 2.26. The minimum Gasteiger partial charge on any atom is -0.497 e. The number of aryl methyl sites for hydroxylation is 1. The number of carbonyl (C=O) groups is 1. The lowest BCUT2D eigenvalue weighted by Gasteiger charge is -2.13. The van der Waals surface area contributed by atoms with Gasteiger partial charge in [-0.05, 0) is 55.5 Å². The molecular formula is C25H25N3O4S. The van der Waals surface area contributed by atoms with Crippen LogP contribution in [0.3, 0.4) is 0 Å². The van der Waals surface area contributed by atoms with Crippen LogP contribution in [0.5, 0.6) is 11.5 Å². The molecule has 1 aliphatic rings. The molecule has 0 bridgehead atoms. The SMILES string of the molecule is COc1ccc(OC)c(NC(=O)c2sc3nc4c(c(-c5ccco5)c3c2N)CCCCC4)c1. The highest BCUT2D eigenvalue weighted by atomic mass is 32.1. The number of hydrogen-bond donors (Lipinski definition) is 2. The highest BCUT2D eigenvalue weighted by molar-refractivity contribution is 7.21.